The maximum absolute atomic E-state index is 11.7. The Labute approximate surface area is 170 Å². The average Bonchev–Trinajstić information content (AvgIpc) is 3.08. The lowest BCUT2D eigenvalue weighted by Crippen LogP contribution is -2.56. The smallest absolute Gasteiger partial charge is 0.220 e. The Kier molecular flexibility index (Phi) is 6.59. The zero-order valence-corrected chi connectivity index (χ0v) is 17.1. The molecule has 0 aliphatic carbocycles. The van der Waals surface area contributed by atoms with Crippen molar-refractivity contribution in [3.63, 3.8) is 0 Å². The minimum atomic E-state index is -0.797. The molecule has 0 bridgehead atoms. The molecule has 1 aromatic carbocycles. The van der Waals surface area contributed by atoms with Gasteiger partial charge < -0.3 is 15.2 Å². The molecule has 3 rings (SSSR count). The lowest BCUT2D eigenvalue weighted by atomic mass is 9.97. The summed E-state index contributed by atoms with van der Waals surface area (Å²) in [7, 11) is 0. The maximum atomic E-state index is 11.7. The molecule has 0 saturated carbocycles. The summed E-state index contributed by atoms with van der Waals surface area (Å²) < 4.78 is 14.0. The van der Waals surface area contributed by atoms with Crippen LogP contribution in [0.3, 0.4) is 0 Å². The molecule has 0 spiro atoms. The number of carbonyl (C=O) groups is 1. The Balaban J connectivity index is 1.72. The molecule has 2 N–H and O–H groups in total. The zero-order chi connectivity index (χ0) is 20.1. The van der Waals surface area contributed by atoms with E-state index in [1.54, 1.807) is 12.1 Å². The van der Waals surface area contributed by atoms with E-state index in [-0.39, 0.29) is 19.1 Å². The molecule has 8 heteroatoms. The van der Waals surface area contributed by atoms with Crippen LogP contribution in [0, 0.1) is 0 Å². The number of ether oxygens (including phenoxy) is 2. The van der Waals surface area contributed by atoms with E-state index in [0.29, 0.717) is 23.9 Å². The Bertz CT molecular complexity index is 810. The van der Waals surface area contributed by atoms with Crippen LogP contribution < -0.4 is 10.5 Å². The van der Waals surface area contributed by atoms with Crippen LogP contribution in [0.15, 0.2) is 36.5 Å². The van der Waals surface area contributed by atoms with Crippen molar-refractivity contribution in [2.45, 2.75) is 38.5 Å². The molecule has 2 aromatic rings. The van der Waals surface area contributed by atoms with E-state index in [0.717, 1.165) is 18.8 Å². The number of hydrogen-bond donors (Lipinski definition) is 1. The van der Waals surface area contributed by atoms with Crippen molar-refractivity contribution in [2.75, 3.05) is 26.3 Å². The van der Waals surface area contributed by atoms with Crippen LogP contribution in [0.1, 0.15) is 32.0 Å². The van der Waals surface area contributed by atoms with Gasteiger partial charge in [0, 0.05) is 36.9 Å². The number of nitrogens with two attached hydrogens (primary N) is 1. The first-order valence-corrected chi connectivity index (χ1v) is 9.80. The van der Waals surface area contributed by atoms with Crippen LogP contribution in [0.25, 0.3) is 0 Å². The fourth-order valence-corrected chi connectivity index (χ4v) is 3.73. The third kappa shape index (κ3) is 5.25. The van der Waals surface area contributed by atoms with Crippen LogP contribution in [0.2, 0.25) is 5.02 Å². The highest BCUT2D eigenvalue weighted by Crippen LogP contribution is 2.26. The molecule has 1 aliphatic heterocycles. The van der Waals surface area contributed by atoms with Gasteiger partial charge in [0.25, 0.3) is 0 Å². The number of hydrogen-bond acceptors (Lipinski definition) is 5. The van der Waals surface area contributed by atoms with E-state index in [1.807, 2.05) is 29.1 Å². The van der Waals surface area contributed by atoms with E-state index in [9.17, 15) is 4.79 Å². The van der Waals surface area contributed by atoms with Crippen molar-refractivity contribution in [1.29, 1.82) is 0 Å². The molecule has 1 fully saturated rings. The Morgan fingerprint density at radius 3 is 2.96 bits per heavy atom. The van der Waals surface area contributed by atoms with Gasteiger partial charge in [0.2, 0.25) is 5.91 Å². The lowest BCUT2D eigenvalue weighted by Gasteiger charge is -2.42. The van der Waals surface area contributed by atoms with Crippen LogP contribution in [-0.2, 0) is 16.1 Å². The first kappa shape index (κ1) is 20.6. The molecule has 7 nitrogen and oxygen atoms in total. The van der Waals surface area contributed by atoms with Gasteiger partial charge in [-0.1, -0.05) is 17.7 Å². The molecule has 152 valence electrons. The van der Waals surface area contributed by atoms with E-state index in [4.69, 9.17) is 26.8 Å². The number of benzene rings is 1. The average molecular weight is 407 g/mol. The quantitative estimate of drug-likeness (QED) is 0.728. The van der Waals surface area contributed by atoms with Crippen LogP contribution in [0.4, 0.5) is 0 Å². The largest absolute Gasteiger partial charge is 0.490 e. The topological polar surface area (TPSA) is 82.6 Å². The molecule has 1 aliphatic rings. The van der Waals surface area contributed by atoms with Crippen LogP contribution in [0.5, 0.6) is 5.75 Å². The number of primary amides is 1. The first-order valence-electron chi connectivity index (χ1n) is 9.42. The molecule has 1 saturated heterocycles. The summed E-state index contributed by atoms with van der Waals surface area (Å²) in [5.74, 6) is 0.221. The number of amides is 1. The Morgan fingerprint density at radius 1 is 1.43 bits per heavy atom. The van der Waals surface area contributed by atoms with Gasteiger partial charge in [0.1, 0.15) is 18.0 Å². The number of halogens is 1. The summed E-state index contributed by atoms with van der Waals surface area (Å²) in [5.41, 5.74) is 5.85. The first-order chi connectivity index (χ1) is 13.4. The van der Waals surface area contributed by atoms with E-state index in [2.05, 4.69) is 23.8 Å². The summed E-state index contributed by atoms with van der Waals surface area (Å²) in [4.78, 5) is 14.0. The fraction of sp³-hybridized carbons (Fsp3) is 0.500. The molecular weight excluding hydrogens is 380 g/mol. The van der Waals surface area contributed by atoms with Gasteiger partial charge in [-0.2, -0.15) is 5.10 Å². The number of aromatic nitrogens is 2. The molecular formula is C20H27ClN4O3. The Morgan fingerprint density at radius 2 is 2.25 bits per heavy atom. The highest BCUT2D eigenvalue weighted by molar-refractivity contribution is 6.30. The van der Waals surface area contributed by atoms with Crippen LogP contribution >= 0.6 is 11.6 Å². The second-order valence-corrected chi connectivity index (χ2v) is 7.93. The van der Waals surface area contributed by atoms with Gasteiger partial charge in [0.05, 0.1) is 18.7 Å². The lowest BCUT2D eigenvalue weighted by molar-refractivity contribution is -0.148. The third-order valence-corrected chi connectivity index (χ3v) is 4.98. The summed E-state index contributed by atoms with van der Waals surface area (Å²) in [5, 5.41) is 4.99. The van der Waals surface area contributed by atoms with Crippen molar-refractivity contribution >= 4 is 17.5 Å². The molecule has 1 unspecified atom stereocenters. The minimum absolute atomic E-state index is 0.0908. The number of rotatable bonds is 8. The summed E-state index contributed by atoms with van der Waals surface area (Å²) in [6.07, 6.45) is 1.90. The van der Waals surface area contributed by atoms with Crippen molar-refractivity contribution in [3.05, 3.63) is 47.2 Å². The second kappa shape index (κ2) is 8.94. The molecule has 0 radical (unpaired) electrons. The van der Waals surface area contributed by atoms with E-state index >= 15 is 0 Å². The number of nitrogens with zero attached hydrogens (tertiary/aromatic N) is 3. The minimum Gasteiger partial charge on any atom is -0.490 e. The standard InChI is InChI=1S/C20H27ClN4O3/c1-15(2)25-17(6-7-23-25)12-24-8-9-28-20(13-24,11-19(22)26)14-27-18-5-3-4-16(21)10-18/h3-7,10,15H,8-9,11-14H2,1-2H3,(H2,22,26). The summed E-state index contributed by atoms with van der Waals surface area (Å²) in [6.45, 7) is 6.95. The second-order valence-electron chi connectivity index (χ2n) is 7.49. The van der Waals surface area contributed by atoms with Gasteiger partial charge in [-0.15, -0.1) is 0 Å². The summed E-state index contributed by atoms with van der Waals surface area (Å²) in [6, 6.07) is 9.47. The van der Waals surface area contributed by atoms with Crippen molar-refractivity contribution < 1.29 is 14.3 Å². The summed E-state index contributed by atoms with van der Waals surface area (Å²) >= 11 is 6.03. The maximum Gasteiger partial charge on any atom is 0.220 e. The molecule has 1 atom stereocenters. The predicted octanol–water partition coefficient (Wildman–Crippen LogP) is 2.64. The van der Waals surface area contributed by atoms with Crippen LogP contribution in [-0.4, -0.2) is 52.5 Å². The third-order valence-electron chi connectivity index (χ3n) is 4.75. The molecule has 2 heterocycles. The van der Waals surface area contributed by atoms with Gasteiger partial charge in [-0.05, 0) is 38.1 Å². The van der Waals surface area contributed by atoms with Gasteiger partial charge >= 0.3 is 0 Å². The fourth-order valence-electron chi connectivity index (χ4n) is 3.55. The predicted molar refractivity (Wildman–Crippen MR) is 107 cm³/mol. The van der Waals surface area contributed by atoms with E-state index < -0.39 is 11.5 Å². The zero-order valence-electron chi connectivity index (χ0n) is 16.3. The van der Waals surface area contributed by atoms with Crippen molar-refractivity contribution in [1.82, 2.24) is 14.7 Å². The van der Waals surface area contributed by atoms with Gasteiger partial charge in [0.15, 0.2) is 0 Å². The van der Waals surface area contributed by atoms with Gasteiger partial charge in [-0.25, -0.2) is 0 Å². The van der Waals surface area contributed by atoms with Gasteiger partial charge in [-0.3, -0.25) is 14.4 Å². The monoisotopic (exact) mass is 406 g/mol. The number of morpholine rings is 1. The molecule has 1 amide bonds. The Hall–Kier alpha value is -2.09. The molecule has 28 heavy (non-hydrogen) atoms. The van der Waals surface area contributed by atoms with Crippen molar-refractivity contribution in [2.24, 2.45) is 5.73 Å². The molecule has 1 aromatic heterocycles. The SMILES string of the molecule is CC(C)n1nccc1CN1CCOC(COc2cccc(Cl)c2)(CC(N)=O)C1. The normalized spacial score (nSPS) is 20.4. The highest BCUT2D eigenvalue weighted by atomic mass is 35.5. The van der Waals surface area contributed by atoms with Crippen molar-refractivity contribution in [3.8, 4) is 5.75 Å². The highest BCUT2D eigenvalue weighted by Gasteiger charge is 2.39. The van der Waals surface area contributed by atoms with E-state index in [1.165, 1.54) is 0 Å². The number of carbonyl (C=O) groups excluding carboxylic acids is 1.